The van der Waals surface area contributed by atoms with Crippen LogP contribution in [0.1, 0.15) is 45.2 Å². The Morgan fingerprint density at radius 1 is 1.45 bits per heavy atom. The molecule has 1 fully saturated rings. The number of aromatic nitrogens is 2. The second-order valence-corrected chi connectivity index (χ2v) is 6.84. The Hall–Kier alpha value is -1.17. The van der Waals surface area contributed by atoms with Crippen LogP contribution in [0.5, 0.6) is 0 Å². The lowest BCUT2D eigenvalue weighted by Crippen LogP contribution is -2.42. The predicted molar refractivity (Wildman–Crippen MR) is 79.5 cm³/mol. The Kier molecular flexibility index (Phi) is 4.62. The summed E-state index contributed by atoms with van der Waals surface area (Å²) in [5, 5.41) is 0. The van der Waals surface area contributed by atoms with Crippen LogP contribution in [0.2, 0.25) is 0 Å². The molecule has 20 heavy (non-hydrogen) atoms. The lowest BCUT2D eigenvalue weighted by Gasteiger charge is -2.33. The first-order valence-electron chi connectivity index (χ1n) is 6.80. The maximum Gasteiger partial charge on any atom is 0.410 e. The van der Waals surface area contributed by atoms with Gasteiger partial charge < -0.3 is 9.64 Å². The first-order chi connectivity index (χ1) is 9.35. The summed E-state index contributed by atoms with van der Waals surface area (Å²) >= 11 is 3.33. The number of likely N-dealkylation sites (tertiary alicyclic amines) is 1. The smallest absolute Gasteiger partial charge is 0.410 e. The molecule has 0 radical (unpaired) electrons. The van der Waals surface area contributed by atoms with E-state index in [1.165, 1.54) is 0 Å². The highest BCUT2D eigenvalue weighted by Gasteiger charge is 2.29. The predicted octanol–water partition coefficient (Wildman–Crippen LogP) is 3.35. The van der Waals surface area contributed by atoms with Gasteiger partial charge in [0.05, 0.1) is 11.9 Å². The van der Waals surface area contributed by atoms with E-state index in [1.807, 2.05) is 20.8 Å². The van der Waals surface area contributed by atoms with Gasteiger partial charge >= 0.3 is 6.09 Å². The molecule has 0 bridgehead atoms. The molecule has 0 saturated carbocycles. The molecule has 110 valence electrons. The number of carbonyl (C=O) groups excluding carboxylic acids is 1. The SMILES string of the molecule is CC(C)(C)OC(=O)N1CCCC(c2cncc(Br)n2)C1. The number of carbonyl (C=O) groups is 1. The molecule has 0 aromatic carbocycles. The van der Waals surface area contributed by atoms with Gasteiger partial charge in [-0.3, -0.25) is 4.98 Å². The van der Waals surface area contributed by atoms with E-state index in [-0.39, 0.29) is 12.0 Å². The van der Waals surface area contributed by atoms with Crippen molar-refractivity contribution in [3.05, 3.63) is 22.7 Å². The van der Waals surface area contributed by atoms with Crippen LogP contribution >= 0.6 is 15.9 Å². The van der Waals surface area contributed by atoms with Crippen molar-refractivity contribution in [1.82, 2.24) is 14.9 Å². The molecule has 1 saturated heterocycles. The van der Waals surface area contributed by atoms with Crippen molar-refractivity contribution in [1.29, 1.82) is 0 Å². The molecule has 0 spiro atoms. The zero-order chi connectivity index (χ0) is 14.8. The van der Waals surface area contributed by atoms with Gasteiger partial charge in [0.25, 0.3) is 0 Å². The molecule has 1 amide bonds. The van der Waals surface area contributed by atoms with Gasteiger partial charge in [-0.05, 0) is 49.5 Å². The zero-order valence-corrected chi connectivity index (χ0v) is 13.7. The maximum absolute atomic E-state index is 12.1. The van der Waals surface area contributed by atoms with E-state index in [4.69, 9.17) is 4.74 Å². The first-order valence-corrected chi connectivity index (χ1v) is 7.60. The molecule has 1 unspecified atom stereocenters. The molecule has 5 nitrogen and oxygen atoms in total. The van der Waals surface area contributed by atoms with Crippen LogP contribution in [0.15, 0.2) is 17.0 Å². The lowest BCUT2D eigenvalue weighted by atomic mass is 9.95. The normalized spacial score (nSPS) is 19.8. The van der Waals surface area contributed by atoms with E-state index >= 15 is 0 Å². The molecule has 1 aromatic heterocycles. The highest BCUT2D eigenvalue weighted by molar-refractivity contribution is 9.10. The van der Waals surface area contributed by atoms with Gasteiger partial charge in [-0.25, -0.2) is 9.78 Å². The van der Waals surface area contributed by atoms with Crippen LogP contribution in [0, 0.1) is 0 Å². The summed E-state index contributed by atoms with van der Waals surface area (Å²) in [5.41, 5.74) is 0.465. The maximum atomic E-state index is 12.1. The third-order valence-electron chi connectivity index (χ3n) is 3.12. The quantitative estimate of drug-likeness (QED) is 0.785. The van der Waals surface area contributed by atoms with Gasteiger partial charge in [-0.2, -0.15) is 0 Å². The molecule has 1 aromatic rings. The van der Waals surface area contributed by atoms with E-state index in [2.05, 4.69) is 25.9 Å². The monoisotopic (exact) mass is 341 g/mol. The van der Waals surface area contributed by atoms with Gasteiger partial charge in [0, 0.05) is 25.2 Å². The fourth-order valence-electron chi connectivity index (χ4n) is 2.26. The highest BCUT2D eigenvalue weighted by atomic mass is 79.9. The number of piperidine rings is 1. The molecule has 1 aliphatic heterocycles. The van der Waals surface area contributed by atoms with Crippen LogP contribution in [-0.2, 0) is 4.74 Å². The van der Waals surface area contributed by atoms with Crippen LogP contribution in [-0.4, -0.2) is 39.7 Å². The second-order valence-electron chi connectivity index (χ2n) is 6.03. The van der Waals surface area contributed by atoms with Crippen LogP contribution < -0.4 is 0 Å². The van der Waals surface area contributed by atoms with Crippen molar-refractivity contribution in [3.8, 4) is 0 Å². The summed E-state index contributed by atoms with van der Waals surface area (Å²) in [5.74, 6) is 0.223. The van der Waals surface area contributed by atoms with Gasteiger partial charge in [-0.15, -0.1) is 0 Å². The Morgan fingerprint density at radius 3 is 2.85 bits per heavy atom. The van der Waals surface area contributed by atoms with Crippen LogP contribution in [0.25, 0.3) is 0 Å². The van der Waals surface area contributed by atoms with E-state index < -0.39 is 5.60 Å². The molecule has 2 heterocycles. The van der Waals surface area contributed by atoms with Crippen molar-refractivity contribution in [2.75, 3.05) is 13.1 Å². The molecule has 1 aliphatic rings. The average Bonchev–Trinajstić information content (AvgIpc) is 2.37. The van der Waals surface area contributed by atoms with E-state index in [1.54, 1.807) is 17.3 Å². The minimum absolute atomic E-state index is 0.223. The van der Waals surface area contributed by atoms with Crippen molar-refractivity contribution < 1.29 is 9.53 Å². The minimum atomic E-state index is -0.459. The van der Waals surface area contributed by atoms with Crippen LogP contribution in [0.4, 0.5) is 4.79 Å². The number of rotatable bonds is 1. The van der Waals surface area contributed by atoms with Gasteiger partial charge in [0.15, 0.2) is 0 Å². The topological polar surface area (TPSA) is 55.3 Å². The van der Waals surface area contributed by atoms with Gasteiger partial charge in [-0.1, -0.05) is 0 Å². The molecular weight excluding hydrogens is 322 g/mol. The van der Waals surface area contributed by atoms with Crippen molar-refractivity contribution in [2.45, 2.75) is 45.1 Å². The number of hydrogen-bond donors (Lipinski definition) is 0. The number of hydrogen-bond acceptors (Lipinski definition) is 4. The zero-order valence-electron chi connectivity index (χ0n) is 12.1. The Labute approximate surface area is 127 Å². The Morgan fingerprint density at radius 2 is 2.20 bits per heavy atom. The minimum Gasteiger partial charge on any atom is -0.444 e. The summed E-state index contributed by atoms with van der Waals surface area (Å²) in [6.07, 6.45) is 5.17. The van der Waals surface area contributed by atoms with Crippen LogP contribution in [0.3, 0.4) is 0 Å². The molecular formula is C14H20BrN3O2. The molecule has 2 rings (SSSR count). The number of nitrogens with zero attached hydrogens (tertiary/aromatic N) is 3. The fraction of sp³-hybridized carbons (Fsp3) is 0.643. The summed E-state index contributed by atoms with van der Waals surface area (Å²) in [6, 6.07) is 0. The molecule has 1 atom stereocenters. The van der Waals surface area contributed by atoms with E-state index in [0.717, 1.165) is 29.7 Å². The van der Waals surface area contributed by atoms with E-state index in [0.29, 0.717) is 6.54 Å². The fourth-order valence-corrected chi connectivity index (χ4v) is 2.59. The van der Waals surface area contributed by atoms with Gasteiger partial charge in [0.2, 0.25) is 0 Å². The number of ether oxygens (including phenoxy) is 1. The second kappa shape index (κ2) is 6.08. The molecule has 0 aliphatic carbocycles. The van der Waals surface area contributed by atoms with E-state index in [9.17, 15) is 4.79 Å². The van der Waals surface area contributed by atoms with Crippen molar-refractivity contribution >= 4 is 22.0 Å². The first kappa shape index (κ1) is 15.2. The largest absolute Gasteiger partial charge is 0.444 e. The summed E-state index contributed by atoms with van der Waals surface area (Å²) in [4.78, 5) is 22.5. The lowest BCUT2D eigenvalue weighted by molar-refractivity contribution is 0.0197. The third-order valence-corrected chi connectivity index (χ3v) is 3.50. The third kappa shape index (κ3) is 4.16. The molecule has 6 heteroatoms. The Bertz CT molecular complexity index is 488. The van der Waals surface area contributed by atoms with Crippen molar-refractivity contribution in [2.24, 2.45) is 0 Å². The Balaban J connectivity index is 2.03. The van der Waals surface area contributed by atoms with Gasteiger partial charge in [0.1, 0.15) is 10.2 Å². The summed E-state index contributed by atoms with van der Waals surface area (Å²) in [7, 11) is 0. The highest BCUT2D eigenvalue weighted by Crippen LogP contribution is 2.26. The number of halogens is 1. The molecule has 0 N–H and O–H groups in total. The average molecular weight is 342 g/mol. The number of amides is 1. The summed E-state index contributed by atoms with van der Waals surface area (Å²) < 4.78 is 6.15. The standard InChI is InChI=1S/C14H20BrN3O2/c1-14(2,3)20-13(19)18-6-4-5-10(9-18)11-7-16-8-12(15)17-11/h7-8,10H,4-6,9H2,1-3H3. The summed E-state index contributed by atoms with van der Waals surface area (Å²) in [6.45, 7) is 7.03. The van der Waals surface area contributed by atoms with Crippen molar-refractivity contribution in [3.63, 3.8) is 0 Å².